The molecule has 0 heterocycles. The van der Waals surface area contributed by atoms with Gasteiger partial charge < -0.3 is 9.84 Å². The molecule has 0 aromatic heterocycles. The number of aromatic carboxylic acids is 1. The van der Waals surface area contributed by atoms with Crippen LogP contribution in [0.15, 0.2) is 18.2 Å². The Hall–Kier alpha value is -2.11. The summed E-state index contributed by atoms with van der Waals surface area (Å²) in [5.74, 6) is -1.16. The third-order valence-electron chi connectivity index (χ3n) is 1.77. The van der Waals surface area contributed by atoms with E-state index >= 15 is 0 Å². The lowest BCUT2D eigenvalue weighted by Crippen LogP contribution is -2.10. The van der Waals surface area contributed by atoms with Gasteiger partial charge in [-0.05, 0) is 19.9 Å². The van der Waals surface area contributed by atoms with E-state index in [1.807, 2.05) is 0 Å². The van der Waals surface area contributed by atoms with E-state index < -0.39 is 10.9 Å². The first-order chi connectivity index (χ1) is 7.41. The number of hydrogen-bond donors (Lipinski definition) is 1. The molecular weight excluding hydrogens is 214 g/mol. The van der Waals surface area contributed by atoms with Crippen LogP contribution < -0.4 is 4.74 Å². The molecule has 1 aromatic rings. The van der Waals surface area contributed by atoms with E-state index in [-0.39, 0.29) is 23.1 Å². The highest BCUT2D eigenvalue weighted by molar-refractivity contribution is 5.91. The van der Waals surface area contributed by atoms with Crippen LogP contribution in [0.25, 0.3) is 0 Å². The lowest BCUT2D eigenvalue weighted by molar-refractivity contribution is -0.384. The average molecular weight is 225 g/mol. The smallest absolute Gasteiger partial charge is 0.339 e. The summed E-state index contributed by atoms with van der Waals surface area (Å²) in [6, 6.07) is 3.41. The van der Waals surface area contributed by atoms with E-state index in [9.17, 15) is 14.9 Å². The van der Waals surface area contributed by atoms with Crippen molar-refractivity contribution in [1.82, 2.24) is 0 Å². The second-order valence-electron chi connectivity index (χ2n) is 3.41. The minimum atomic E-state index is -1.18. The number of carboxylic acids is 1. The van der Waals surface area contributed by atoms with Crippen LogP contribution in [-0.2, 0) is 0 Å². The van der Waals surface area contributed by atoms with Crippen LogP contribution in [0.1, 0.15) is 24.2 Å². The molecule has 0 aliphatic heterocycles. The van der Waals surface area contributed by atoms with Gasteiger partial charge >= 0.3 is 5.97 Å². The second-order valence-corrected chi connectivity index (χ2v) is 3.41. The zero-order valence-electron chi connectivity index (χ0n) is 8.84. The van der Waals surface area contributed by atoms with Crippen LogP contribution in [0, 0.1) is 10.1 Å². The van der Waals surface area contributed by atoms with Crippen molar-refractivity contribution >= 4 is 11.7 Å². The fourth-order valence-corrected chi connectivity index (χ4v) is 1.15. The molecular formula is C10H11NO5. The molecule has 0 aliphatic rings. The van der Waals surface area contributed by atoms with E-state index in [1.54, 1.807) is 13.8 Å². The molecule has 6 nitrogen and oxygen atoms in total. The van der Waals surface area contributed by atoms with Crippen molar-refractivity contribution in [3.63, 3.8) is 0 Å². The fourth-order valence-electron chi connectivity index (χ4n) is 1.15. The molecule has 0 saturated carbocycles. The van der Waals surface area contributed by atoms with Crippen LogP contribution in [0.4, 0.5) is 5.69 Å². The molecule has 0 spiro atoms. The van der Waals surface area contributed by atoms with Gasteiger partial charge in [0, 0.05) is 6.07 Å². The lowest BCUT2D eigenvalue weighted by Gasteiger charge is -2.11. The van der Waals surface area contributed by atoms with Crippen molar-refractivity contribution in [2.24, 2.45) is 0 Å². The summed E-state index contributed by atoms with van der Waals surface area (Å²) in [7, 11) is 0. The van der Waals surface area contributed by atoms with E-state index in [2.05, 4.69) is 0 Å². The van der Waals surface area contributed by atoms with Gasteiger partial charge in [-0.15, -0.1) is 0 Å². The van der Waals surface area contributed by atoms with Crippen molar-refractivity contribution < 1.29 is 19.6 Å². The Labute approximate surface area is 91.6 Å². The molecule has 0 bridgehead atoms. The average Bonchev–Trinajstić information content (AvgIpc) is 2.15. The second kappa shape index (κ2) is 4.61. The summed E-state index contributed by atoms with van der Waals surface area (Å²) >= 11 is 0. The number of ether oxygens (including phenoxy) is 1. The topological polar surface area (TPSA) is 89.7 Å². The van der Waals surface area contributed by atoms with Crippen molar-refractivity contribution in [2.75, 3.05) is 0 Å². The molecule has 0 fully saturated rings. The summed E-state index contributed by atoms with van der Waals surface area (Å²) in [5, 5.41) is 19.4. The van der Waals surface area contributed by atoms with Crippen molar-refractivity contribution in [3.05, 3.63) is 33.9 Å². The number of nitro benzene ring substituents is 1. The number of carboxylic acid groups (broad SMARTS) is 1. The minimum Gasteiger partial charge on any atom is -0.490 e. The maximum Gasteiger partial charge on any atom is 0.339 e. The first-order valence-electron chi connectivity index (χ1n) is 4.60. The van der Waals surface area contributed by atoms with Crippen LogP contribution in [0.5, 0.6) is 5.75 Å². The Kier molecular flexibility index (Phi) is 3.44. The minimum absolute atomic E-state index is 0.0108. The zero-order chi connectivity index (χ0) is 12.3. The van der Waals surface area contributed by atoms with Gasteiger partial charge in [-0.1, -0.05) is 0 Å². The van der Waals surface area contributed by atoms with Crippen molar-refractivity contribution in [2.45, 2.75) is 20.0 Å². The predicted molar refractivity (Wildman–Crippen MR) is 55.8 cm³/mol. The SMILES string of the molecule is CC(C)Oc1cc([N+](=O)[O-])ccc1C(=O)O. The van der Waals surface area contributed by atoms with E-state index in [1.165, 1.54) is 0 Å². The van der Waals surface area contributed by atoms with Gasteiger partial charge in [0.1, 0.15) is 11.3 Å². The number of hydrogen-bond acceptors (Lipinski definition) is 4. The summed E-state index contributed by atoms with van der Waals surface area (Å²) in [4.78, 5) is 20.8. The van der Waals surface area contributed by atoms with Crippen molar-refractivity contribution in [1.29, 1.82) is 0 Å². The Morgan fingerprint density at radius 3 is 2.56 bits per heavy atom. The van der Waals surface area contributed by atoms with Crippen LogP contribution in [-0.4, -0.2) is 22.1 Å². The molecule has 0 radical (unpaired) electrons. The third kappa shape index (κ3) is 2.69. The summed E-state index contributed by atoms with van der Waals surface area (Å²) in [6.45, 7) is 3.43. The van der Waals surface area contributed by atoms with E-state index in [4.69, 9.17) is 9.84 Å². The normalized spacial score (nSPS) is 10.2. The Morgan fingerprint density at radius 1 is 1.50 bits per heavy atom. The standard InChI is InChI=1S/C10H11NO5/c1-6(2)16-9-5-7(11(14)15)3-4-8(9)10(12)13/h3-6H,1-2H3,(H,12,13). The maximum atomic E-state index is 10.8. The van der Waals surface area contributed by atoms with Gasteiger partial charge in [0.25, 0.3) is 5.69 Å². The molecule has 6 heteroatoms. The molecule has 0 atom stereocenters. The largest absolute Gasteiger partial charge is 0.490 e. The zero-order valence-corrected chi connectivity index (χ0v) is 8.84. The number of rotatable bonds is 4. The van der Waals surface area contributed by atoms with E-state index in [0.717, 1.165) is 18.2 Å². The Morgan fingerprint density at radius 2 is 2.12 bits per heavy atom. The fraction of sp³-hybridized carbons (Fsp3) is 0.300. The molecule has 16 heavy (non-hydrogen) atoms. The molecule has 86 valence electrons. The summed E-state index contributed by atoms with van der Waals surface area (Å²) < 4.78 is 5.21. The molecule has 0 amide bonds. The van der Waals surface area contributed by atoms with Gasteiger partial charge in [0.05, 0.1) is 17.1 Å². The summed E-state index contributed by atoms with van der Waals surface area (Å²) in [6.07, 6.45) is -0.250. The number of benzene rings is 1. The highest BCUT2D eigenvalue weighted by atomic mass is 16.6. The van der Waals surface area contributed by atoms with Crippen LogP contribution >= 0.6 is 0 Å². The predicted octanol–water partition coefficient (Wildman–Crippen LogP) is 2.08. The third-order valence-corrected chi connectivity index (χ3v) is 1.77. The van der Waals surface area contributed by atoms with Gasteiger partial charge in [-0.25, -0.2) is 4.79 Å². The summed E-state index contributed by atoms with van der Waals surface area (Å²) in [5.41, 5.74) is -0.278. The number of nitrogens with zero attached hydrogens (tertiary/aromatic N) is 1. The number of nitro groups is 1. The monoisotopic (exact) mass is 225 g/mol. The maximum absolute atomic E-state index is 10.8. The van der Waals surface area contributed by atoms with Gasteiger partial charge in [-0.3, -0.25) is 10.1 Å². The van der Waals surface area contributed by atoms with Crippen LogP contribution in [0.2, 0.25) is 0 Å². The first kappa shape index (κ1) is 12.0. The van der Waals surface area contributed by atoms with Gasteiger partial charge in [0.2, 0.25) is 0 Å². The quantitative estimate of drug-likeness (QED) is 0.625. The van der Waals surface area contributed by atoms with Gasteiger partial charge in [-0.2, -0.15) is 0 Å². The molecule has 0 unspecified atom stereocenters. The Bertz CT molecular complexity index is 427. The molecule has 1 aromatic carbocycles. The molecule has 0 aliphatic carbocycles. The lowest BCUT2D eigenvalue weighted by atomic mass is 10.2. The highest BCUT2D eigenvalue weighted by Gasteiger charge is 2.17. The molecule has 1 N–H and O–H groups in total. The first-order valence-corrected chi connectivity index (χ1v) is 4.60. The highest BCUT2D eigenvalue weighted by Crippen LogP contribution is 2.25. The molecule has 1 rings (SSSR count). The number of carbonyl (C=O) groups is 1. The Balaban J connectivity index is 3.21. The van der Waals surface area contributed by atoms with E-state index in [0.29, 0.717) is 0 Å². The van der Waals surface area contributed by atoms with Crippen molar-refractivity contribution in [3.8, 4) is 5.75 Å². The van der Waals surface area contributed by atoms with Crippen LogP contribution in [0.3, 0.4) is 0 Å². The number of non-ortho nitro benzene ring substituents is 1. The van der Waals surface area contributed by atoms with Gasteiger partial charge in [0.15, 0.2) is 0 Å². The molecule has 0 saturated heterocycles.